The highest BCUT2D eigenvalue weighted by atomic mass is 32.2. The first-order chi connectivity index (χ1) is 11.7. The van der Waals surface area contributed by atoms with E-state index < -0.39 is 10.0 Å². The first-order valence-corrected chi connectivity index (χ1v) is 9.58. The average molecular weight is 363 g/mol. The fourth-order valence-electron chi connectivity index (χ4n) is 2.45. The first-order valence-electron chi connectivity index (χ1n) is 7.69. The predicted molar refractivity (Wildman–Crippen MR) is 95.8 cm³/mol. The van der Waals surface area contributed by atoms with Crippen LogP contribution in [0.3, 0.4) is 0 Å². The van der Waals surface area contributed by atoms with E-state index in [1.54, 1.807) is 30.3 Å². The van der Waals surface area contributed by atoms with E-state index in [9.17, 15) is 12.8 Å². The number of anilines is 1. The molecule has 5 nitrogen and oxygen atoms in total. The molecule has 0 spiro atoms. The number of halogens is 1. The molecule has 0 radical (unpaired) electrons. The summed E-state index contributed by atoms with van der Waals surface area (Å²) in [6, 6.07) is 11.1. The van der Waals surface area contributed by atoms with Crippen molar-refractivity contribution < 1.29 is 22.0 Å². The van der Waals surface area contributed by atoms with E-state index in [4.69, 9.17) is 9.15 Å². The second-order valence-corrected chi connectivity index (χ2v) is 7.79. The van der Waals surface area contributed by atoms with Gasteiger partial charge in [-0.1, -0.05) is 0 Å². The topological polar surface area (TPSA) is 68.5 Å². The van der Waals surface area contributed by atoms with Gasteiger partial charge in [-0.2, -0.15) is 0 Å². The zero-order valence-electron chi connectivity index (χ0n) is 14.0. The molecule has 25 heavy (non-hydrogen) atoms. The van der Waals surface area contributed by atoms with Crippen LogP contribution in [0.5, 0.6) is 5.75 Å². The smallest absolute Gasteiger partial charge is 0.229 e. The molecule has 3 aromatic rings. The Morgan fingerprint density at radius 3 is 2.40 bits per heavy atom. The summed E-state index contributed by atoms with van der Waals surface area (Å²) in [6.45, 7) is 3.71. The van der Waals surface area contributed by atoms with E-state index in [0.717, 1.165) is 17.2 Å². The van der Waals surface area contributed by atoms with Crippen LogP contribution in [0.1, 0.15) is 13.8 Å². The molecule has 0 saturated carbocycles. The Morgan fingerprint density at radius 1 is 1.12 bits per heavy atom. The van der Waals surface area contributed by atoms with E-state index >= 15 is 0 Å². The third kappa shape index (κ3) is 4.11. The number of sulfonamides is 1. The third-order valence-corrected chi connectivity index (χ3v) is 4.00. The van der Waals surface area contributed by atoms with Crippen LogP contribution in [-0.2, 0) is 10.0 Å². The Hall–Kier alpha value is -2.54. The van der Waals surface area contributed by atoms with Crippen molar-refractivity contribution in [3.63, 3.8) is 0 Å². The molecular formula is C18H18FNO4S. The lowest BCUT2D eigenvalue weighted by Gasteiger charge is -2.14. The number of ether oxygens (including phenoxy) is 1. The van der Waals surface area contributed by atoms with Crippen LogP contribution in [0.25, 0.3) is 22.3 Å². The summed E-state index contributed by atoms with van der Waals surface area (Å²) in [6.07, 6.45) is 0.948. The molecule has 1 heterocycles. The van der Waals surface area contributed by atoms with Gasteiger partial charge in [0.2, 0.25) is 10.0 Å². The number of furan rings is 1. The lowest BCUT2D eigenvalue weighted by atomic mass is 10.1. The highest BCUT2D eigenvalue weighted by Gasteiger charge is 2.15. The SMILES string of the molecule is CC(C)Oc1cc2cc(-c3ccc(F)cc3)oc2cc1NS(C)(=O)=O. The lowest BCUT2D eigenvalue weighted by molar-refractivity contribution is 0.244. The summed E-state index contributed by atoms with van der Waals surface area (Å²) < 4.78 is 50.2. The van der Waals surface area contributed by atoms with Gasteiger partial charge in [-0.15, -0.1) is 0 Å². The van der Waals surface area contributed by atoms with Gasteiger partial charge in [-0.25, -0.2) is 12.8 Å². The van der Waals surface area contributed by atoms with E-state index in [1.165, 1.54) is 12.1 Å². The summed E-state index contributed by atoms with van der Waals surface area (Å²) >= 11 is 0. The molecule has 1 aromatic heterocycles. The van der Waals surface area contributed by atoms with Crippen molar-refractivity contribution in [1.82, 2.24) is 0 Å². The minimum Gasteiger partial charge on any atom is -0.489 e. The van der Waals surface area contributed by atoms with Gasteiger partial charge >= 0.3 is 0 Å². The molecule has 0 atom stereocenters. The van der Waals surface area contributed by atoms with Gasteiger partial charge in [0, 0.05) is 17.0 Å². The fourth-order valence-corrected chi connectivity index (χ4v) is 3.01. The second kappa shape index (κ2) is 6.40. The van der Waals surface area contributed by atoms with Gasteiger partial charge in [0.05, 0.1) is 18.0 Å². The van der Waals surface area contributed by atoms with Crippen LogP contribution in [-0.4, -0.2) is 20.8 Å². The monoisotopic (exact) mass is 363 g/mol. The average Bonchev–Trinajstić information content (AvgIpc) is 2.89. The van der Waals surface area contributed by atoms with E-state index in [2.05, 4.69) is 4.72 Å². The highest BCUT2D eigenvalue weighted by molar-refractivity contribution is 7.92. The van der Waals surface area contributed by atoms with Crippen LogP contribution >= 0.6 is 0 Å². The maximum atomic E-state index is 13.1. The molecule has 132 valence electrons. The first kappa shape index (κ1) is 17.3. The van der Waals surface area contributed by atoms with E-state index in [0.29, 0.717) is 22.8 Å². The minimum atomic E-state index is -3.47. The zero-order valence-corrected chi connectivity index (χ0v) is 14.9. The Kier molecular flexibility index (Phi) is 4.43. The van der Waals surface area contributed by atoms with Crippen molar-refractivity contribution in [3.05, 3.63) is 48.3 Å². The Morgan fingerprint density at radius 2 is 1.80 bits per heavy atom. The molecule has 0 fully saturated rings. The molecular weight excluding hydrogens is 345 g/mol. The maximum Gasteiger partial charge on any atom is 0.229 e. The predicted octanol–water partition coefficient (Wildman–Crippen LogP) is 4.40. The van der Waals surface area contributed by atoms with Crippen molar-refractivity contribution >= 4 is 26.7 Å². The highest BCUT2D eigenvalue weighted by Crippen LogP contribution is 2.36. The lowest BCUT2D eigenvalue weighted by Crippen LogP contribution is -2.13. The van der Waals surface area contributed by atoms with Gasteiger partial charge in [-0.05, 0) is 50.2 Å². The quantitative estimate of drug-likeness (QED) is 0.730. The number of fused-ring (bicyclic) bond motifs is 1. The maximum absolute atomic E-state index is 13.1. The molecule has 0 bridgehead atoms. The largest absolute Gasteiger partial charge is 0.489 e. The van der Waals surface area contributed by atoms with Crippen molar-refractivity contribution in [2.75, 3.05) is 11.0 Å². The molecule has 0 aliphatic heterocycles. The van der Waals surface area contributed by atoms with Gasteiger partial charge in [0.1, 0.15) is 22.9 Å². The molecule has 0 amide bonds. The Bertz CT molecular complexity index is 1010. The number of benzene rings is 2. The Balaban J connectivity index is 2.10. The Labute approximate surface area is 145 Å². The van der Waals surface area contributed by atoms with Gasteiger partial charge < -0.3 is 9.15 Å². The molecule has 7 heteroatoms. The van der Waals surface area contributed by atoms with Gasteiger partial charge in [0.25, 0.3) is 0 Å². The van der Waals surface area contributed by atoms with Crippen molar-refractivity contribution in [3.8, 4) is 17.1 Å². The van der Waals surface area contributed by atoms with E-state index in [-0.39, 0.29) is 11.9 Å². The van der Waals surface area contributed by atoms with Crippen molar-refractivity contribution in [2.45, 2.75) is 20.0 Å². The van der Waals surface area contributed by atoms with Crippen molar-refractivity contribution in [2.24, 2.45) is 0 Å². The molecule has 0 aliphatic carbocycles. The summed E-state index contributed by atoms with van der Waals surface area (Å²) in [7, 11) is -3.47. The normalized spacial score (nSPS) is 11.9. The number of hydrogen-bond acceptors (Lipinski definition) is 4. The summed E-state index contributed by atoms with van der Waals surface area (Å²) in [5.41, 5.74) is 1.53. The molecule has 2 aromatic carbocycles. The fraction of sp³-hybridized carbons (Fsp3) is 0.222. The number of hydrogen-bond donors (Lipinski definition) is 1. The van der Waals surface area contributed by atoms with Gasteiger partial charge in [0.15, 0.2) is 0 Å². The van der Waals surface area contributed by atoms with Gasteiger partial charge in [-0.3, -0.25) is 4.72 Å². The van der Waals surface area contributed by atoms with Crippen LogP contribution < -0.4 is 9.46 Å². The third-order valence-electron chi connectivity index (χ3n) is 3.41. The van der Waals surface area contributed by atoms with Crippen LogP contribution in [0.15, 0.2) is 46.9 Å². The number of rotatable bonds is 5. The van der Waals surface area contributed by atoms with Crippen molar-refractivity contribution in [1.29, 1.82) is 0 Å². The van der Waals surface area contributed by atoms with E-state index in [1.807, 2.05) is 13.8 Å². The number of nitrogens with one attached hydrogen (secondary N) is 1. The second-order valence-electron chi connectivity index (χ2n) is 6.04. The van der Waals surface area contributed by atoms with Crippen LogP contribution in [0, 0.1) is 5.82 Å². The molecule has 3 rings (SSSR count). The summed E-state index contributed by atoms with van der Waals surface area (Å²) in [5.74, 6) is 0.647. The molecule has 1 N–H and O–H groups in total. The standard InChI is InChI=1S/C18H18FNO4S/c1-11(2)23-18-9-13-8-16(12-4-6-14(19)7-5-12)24-17(13)10-15(18)20-25(3,21)22/h4-11,20H,1-3H3. The molecule has 0 saturated heterocycles. The zero-order chi connectivity index (χ0) is 18.2. The summed E-state index contributed by atoms with van der Waals surface area (Å²) in [4.78, 5) is 0. The van der Waals surface area contributed by atoms with Crippen LogP contribution in [0.2, 0.25) is 0 Å². The van der Waals surface area contributed by atoms with Crippen LogP contribution in [0.4, 0.5) is 10.1 Å². The summed E-state index contributed by atoms with van der Waals surface area (Å²) in [5, 5.41) is 0.758. The molecule has 0 aliphatic rings. The molecule has 0 unspecified atom stereocenters. The minimum absolute atomic E-state index is 0.124.